The lowest BCUT2D eigenvalue weighted by Crippen LogP contribution is -2.42. The van der Waals surface area contributed by atoms with Crippen molar-refractivity contribution in [2.24, 2.45) is 0 Å². The van der Waals surface area contributed by atoms with Crippen LogP contribution in [0, 0.1) is 0 Å². The van der Waals surface area contributed by atoms with E-state index in [0.717, 1.165) is 24.0 Å². The number of halogens is 1. The second-order valence-electron chi connectivity index (χ2n) is 3.99. The number of aryl methyl sites for hydroxylation is 1. The van der Waals surface area contributed by atoms with Gasteiger partial charge in [-0.05, 0) is 24.0 Å². The molecule has 0 bridgehead atoms. The van der Waals surface area contributed by atoms with Crippen molar-refractivity contribution >= 4 is 17.5 Å². The number of aliphatic hydroxyl groups is 1. The molecule has 2 N–H and O–H groups in total. The highest BCUT2D eigenvalue weighted by Gasteiger charge is 2.28. The molecule has 0 aromatic heterocycles. The maximum absolute atomic E-state index is 11.2. The highest BCUT2D eigenvalue weighted by Crippen LogP contribution is 2.29. The fraction of sp³-hybridized carbons (Fsp3) is 0.417. The van der Waals surface area contributed by atoms with E-state index in [1.807, 2.05) is 24.3 Å². The molecule has 1 amide bonds. The Kier molecular flexibility index (Phi) is 3.46. The van der Waals surface area contributed by atoms with Gasteiger partial charge in [0.25, 0.3) is 0 Å². The van der Waals surface area contributed by atoms with Crippen molar-refractivity contribution in [2.45, 2.75) is 25.0 Å². The first-order valence-corrected chi connectivity index (χ1v) is 5.87. The summed E-state index contributed by atoms with van der Waals surface area (Å²) < 4.78 is 0. The quantitative estimate of drug-likeness (QED) is 0.767. The molecule has 1 aliphatic rings. The summed E-state index contributed by atoms with van der Waals surface area (Å²) in [7, 11) is 0. The smallest absolute Gasteiger partial charge is 0.235 e. The molecule has 1 aromatic carbocycles. The lowest BCUT2D eigenvalue weighted by Gasteiger charge is -2.30. The predicted molar refractivity (Wildman–Crippen MR) is 62.4 cm³/mol. The average molecular weight is 240 g/mol. The molecule has 0 heterocycles. The number of benzene rings is 1. The fourth-order valence-corrected chi connectivity index (χ4v) is 2.21. The van der Waals surface area contributed by atoms with Crippen LogP contribution in [0.4, 0.5) is 0 Å². The minimum absolute atomic E-state index is 0.0646. The summed E-state index contributed by atoms with van der Waals surface area (Å²) in [4.78, 5) is 11.2. The van der Waals surface area contributed by atoms with E-state index < -0.39 is 6.10 Å². The Morgan fingerprint density at radius 1 is 1.50 bits per heavy atom. The summed E-state index contributed by atoms with van der Waals surface area (Å²) in [5, 5.41) is 12.8. The zero-order chi connectivity index (χ0) is 11.5. The van der Waals surface area contributed by atoms with Crippen molar-refractivity contribution in [1.29, 1.82) is 0 Å². The number of hydrogen-bond acceptors (Lipinski definition) is 2. The largest absolute Gasteiger partial charge is 0.386 e. The normalized spacial score (nSPS) is 23.6. The minimum Gasteiger partial charge on any atom is -0.386 e. The van der Waals surface area contributed by atoms with Gasteiger partial charge < -0.3 is 10.4 Å². The molecule has 4 heteroatoms. The van der Waals surface area contributed by atoms with E-state index in [1.54, 1.807) is 0 Å². The van der Waals surface area contributed by atoms with Crippen LogP contribution in [0.25, 0.3) is 0 Å². The third kappa shape index (κ3) is 2.20. The molecule has 2 rings (SSSR count). The molecule has 0 fully saturated rings. The van der Waals surface area contributed by atoms with Crippen LogP contribution in [0.2, 0.25) is 0 Å². The third-order valence-electron chi connectivity index (χ3n) is 2.95. The molecule has 1 aromatic rings. The van der Waals surface area contributed by atoms with Crippen LogP contribution in [-0.2, 0) is 11.2 Å². The third-order valence-corrected chi connectivity index (χ3v) is 3.19. The number of carbonyl (C=O) groups is 1. The zero-order valence-corrected chi connectivity index (χ0v) is 9.57. The molecule has 1 aliphatic carbocycles. The van der Waals surface area contributed by atoms with Gasteiger partial charge in [0.1, 0.15) is 5.88 Å². The summed E-state index contributed by atoms with van der Waals surface area (Å²) in [6.45, 7) is 0. The number of carbonyl (C=O) groups excluding carboxylic acids is 1. The predicted octanol–water partition coefficient (Wildman–Crippen LogP) is 1.39. The molecule has 3 nitrogen and oxygen atoms in total. The van der Waals surface area contributed by atoms with Gasteiger partial charge in [0.05, 0.1) is 12.1 Å². The number of aliphatic hydroxyl groups excluding tert-OH is 1. The van der Waals surface area contributed by atoms with Crippen LogP contribution < -0.4 is 5.32 Å². The van der Waals surface area contributed by atoms with Crippen molar-refractivity contribution in [3.8, 4) is 0 Å². The van der Waals surface area contributed by atoms with Gasteiger partial charge in [-0.1, -0.05) is 24.3 Å². The van der Waals surface area contributed by atoms with Gasteiger partial charge in [-0.3, -0.25) is 4.79 Å². The first kappa shape index (κ1) is 11.4. The van der Waals surface area contributed by atoms with E-state index in [0.29, 0.717) is 0 Å². The van der Waals surface area contributed by atoms with Crippen molar-refractivity contribution in [3.05, 3.63) is 35.4 Å². The number of nitrogens with one attached hydrogen (secondary N) is 1. The number of fused-ring (bicyclic) bond motifs is 1. The Morgan fingerprint density at radius 2 is 2.25 bits per heavy atom. The fourth-order valence-electron chi connectivity index (χ4n) is 2.13. The number of alkyl halides is 1. The standard InChI is InChI=1S/C12H14ClNO2/c13-7-11(15)14-10-6-5-8-3-1-2-4-9(8)12(10)16/h1-4,10,12,16H,5-7H2,(H,14,15)/t10-,12-/m0/s1. The van der Waals surface area contributed by atoms with Crippen LogP contribution >= 0.6 is 11.6 Å². The maximum Gasteiger partial charge on any atom is 0.235 e. The molecule has 16 heavy (non-hydrogen) atoms. The Labute approximate surface area is 99.4 Å². The van der Waals surface area contributed by atoms with E-state index >= 15 is 0 Å². The van der Waals surface area contributed by atoms with Crippen LogP contribution in [0.15, 0.2) is 24.3 Å². The molecule has 0 saturated carbocycles. The molecule has 0 radical (unpaired) electrons. The van der Waals surface area contributed by atoms with Gasteiger partial charge in [-0.25, -0.2) is 0 Å². The Bertz CT molecular complexity index is 394. The van der Waals surface area contributed by atoms with Gasteiger partial charge in [0.15, 0.2) is 0 Å². The molecule has 0 aliphatic heterocycles. The second-order valence-corrected chi connectivity index (χ2v) is 4.26. The topological polar surface area (TPSA) is 49.3 Å². The minimum atomic E-state index is -0.628. The van der Waals surface area contributed by atoms with Crippen LogP contribution in [0.3, 0.4) is 0 Å². The monoisotopic (exact) mass is 239 g/mol. The van der Waals surface area contributed by atoms with E-state index in [4.69, 9.17) is 11.6 Å². The molecule has 2 atom stereocenters. The average Bonchev–Trinajstić information content (AvgIpc) is 2.33. The van der Waals surface area contributed by atoms with E-state index in [9.17, 15) is 9.90 Å². The molecule has 86 valence electrons. The van der Waals surface area contributed by atoms with E-state index in [2.05, 4.69) is 5.32 Å². The highest BCUT2D eigenvalue weighted by molar-refractivity contribution is 6.27. The summed E-state index contributed by atoms with van der Waals surface area (Å²) in [5.41, 5.74) is 2.07. The Hall–Kier alpha value is -1.06. The van der Waals surface area contributed by atoms with Crippen LogP contribution in [0.5, 0.6) is 0 Å². The number of rotatable bonds is 2. The summed E-state index contributed by atoms with van der Waals surface area (Å²) in [6, 6.07) is 7.55. The van der Waals surface area contributed by atoms with Crippen LogP contribution in [0.1, 0.15) is 23.7 Å². The lowest BCUT2D eigenvalue weighted by molar-refractivity contribution is -0.120. The van der Waals surface area contributed by atoms with Crippen LogP contribution in [-0.4, -0.2) is 22.9 Å². The number of amides is 1. The summed E-state index contributed by atoms with van der Waals surface area (Å²) >= 11 is 5.43. The van der Waals surface area contributed by atoms with Crippen molar-refractivity contribution in [3.63, 3.8) is 0 Å². The van der Waals surface area contributed by atoms with Gasteiger partial charge in [0.2, 0.25) is 5.91 Å². The van der Waals surface area contributed by atoms with E-state index in [-0.39, 0.29) is 17.8 Å². The zero-order valence-electron chi connectivity index (χ0n) is 8.82. The van der Waals surface area contributed by atoms with Crippen molar-refractivity contribution < 1.29 is 9.90 Å². The molecular formula is C12H14ClNO2. The molecule has 0 unspecified atom stereocenters. The van der Waals surface area contributed by atoms with E-state index in [1.165, 1.54) is 0 Å². The SMILES string of the molecule is O=C(CCl)N[C@H]1CCc2ccccc2[C@@H]1O. The first-order valence-electron chi connectivity index (χ1n) is 5.33. The van der Waals surface area contributed by atoms with Gasteiger partial charge >= 0.3 is 0 Å². The second kappa shape index (κ2) is 4.85. The molecule has 0 spiro atoms. The first-order chi connectivity index (χ1) is 7.72. The van der Waals surface area contributed by atoms with Crippen molar-refractivity contribution in [2.75, 3.05) is 5.88 Å². The lowest BCUT2D eigenvalue weighted by atomic mass is 9.86. The van der Waals surface area contributed by atoms with Gasteiger partial charge in [0, 0.05) is 0 Å². The summed E-state index contributed by atoms with van der Waals surface area (Å²) in [6.07, 6.45) is 0.999. The Morgan fingerprint density at radius 3 is 3.00 bits per heavy atom. The summed E-state index contributed by atoms with van der Waals surface area (Å²) in [5.74, 6) is -0.296. The van der Waals surface area contributed by atoms with Crippen molar-refractivity contribution in [1.82, 2.24) is 5.32 Å². The maximum atomic E-state index is 11.2. The number of hydrogen-bond donors (Lipinski definition) is 2. The highest BCUT2D eigenvalue weighted by atomic mass is 35.5. The Balaban J connectivity index is 2.15. The van der Waals surface area contributed by atoms with Gasteiger partial charge in [-0.2, -0.15) is 0 Å². The molecule has 0 saturated heterocycles. The van der Waals surface area contributed by atoms with Gasteiger partial charge in [-0.15, -0.1) is 11.6 Å². The molecular weight excluding hydrogens is 226 g/mol.